The summed E-state index contributed by atoms with van der Waals surface area (Å²) in [5.41, 5.74) is 10.4. The number of amides is 4. The molecule has 0 aromatic heterocycles. The van der Waals surface area contributed by atoms with Crippen LogP contribution < -0.4 is 27.4 Å². The molecule has 0 spiro atoms. The average Bonchev–Trinajstić information content (AvgIpc) is 2.61. The van der Waals surface area contributed by atoms with Gasteiger partial charge < -0.3 is 37.6 Å². The van der Waals surface area contributed by atoms with Gasteiger partial charge in [0, 0.05) is 5.75 Å². The number of aliphatic hydroxyl groups excluding tert-OH is 1. The molecule has 166 valence electrons. The van der Waals surface area contributed by atoms with Crippen molar-refractivity contribution in [2.45, 2.75) is 50.9 Å². The minimum absolute atomic E-state index is 0.0213. The van der Waals surface area contributed by atoms with Crippen LogP contribution in [-0.4, -0.2) is 76.3 Å². The molecule has 0 bridgehead atoms. The van der Waals surface area contributed by atoms with E-state index in [1.807, 2.05) is 0 Å². The molecule has 0 aliphatic rings. The lowest BCUT2D eigenvalue weighted by molar-refractivity contribution is -0.143. The van der Waals surface area contributed by atoms with Crippen LogP contribution in [0.25, 0.3) is 0 Å². The molecule has 13 heteroatoms. The highest BCUT2D eigenvalue weighted by Gasteiger charge is 2.30. The van der Waals surface area contributed by atoms with Gasteiger partial charge in [-0.3, -0.25) is 19.2 Å². The Labute approximate surface area is 173 Å². The number of carbonyl (C=O) groups excluding carboxylic acids is 4. The maximum absolute atomic E-state index is 12.3. The summed E-state index contributed by atoms with van der Waals surface area (Å²) >= 11 is 3.94. The number of primary amides is 1. The maximum Gasteiger partial charge on any atom is 0.326 e. The Morgan fingerprint density at radius 1 is 0.931 bits per heavy atom. The predicted molar refractivity (Wildman–Crippen MR) is 106 cm³/mol. The number of thiol groups is 1. The summed E-state index contributed by atoms with van der Waals surface area (Å²) in [5.74, 6) is -4.83. The molecule has 0 aromatic rings. The molecule has 0 aromatic carbocycles. The van der Waals surface area contributed by atoms with Gasteiger partial charge in [-0.25, -0.2) is 4.79 Å². The molecule has 4 atom stereocenters. The Hall–Kier alpha value is -2.38. The summed E-state index contributed by atoms with van der Waals surface area (Å²) in [6.45, 7) is 2.74. The van der Waals surface area contributed by atoms with Crippen LogP contribution >= 0.6 is 12.6 Å². The third kappa shape index (κ3) is 10.1. The fourth-order valence-electron chi connectivity index (χ4n) is 2.21. The Bertz CT molecular complexity index is 616. The van der Waals surface area contributed by atoms with Crippen molar-refractivity contribution < 1.29 is 34.2 Å². The number of aliphatic carboxylic acids is 1. The smallest absolute Gasteiger partial charge is 0.326 e. The van der Waals surface area contributed by atoms with Crippen molar-refractivity contribution in [1.82, 2.24) is 16.0 Å². The topological polar surface area (TPSA) is 214 Å². The second kappa shape index (κ2) is 13.0. The lowest BCUT2D eigenvalue weighted by Gasteiger charge is -2.23. The lowest BCUT2D eigenvalue weighted by atomic mass is 10.0. The van der Waals surface area contributed by atoms with Crippen molar-refractivity contribution in [2.75, 3.05) is 12.4 Å². The van der Waals surface area contributed by atoms with Crippen molar-refractivity contribution >= 4 is 42.2 Å². The monoisotopic (exact) mass is 435 g/mol. The first kappa shape index (κ1) is 26.6. The first-order valence-electron chi connectivity index (χ1n) is 8.82. The highest BCUT2D eigenvalue weighted by atomic mass is 32.1. The summed E-state index contributed by atoms with van der Waals surface area (Å²) in [7, 11) is 0. The molecule has 0 aliphatic carbocycles. The number of nitrogens with one attached hydrogen (secondary N) is 3. The first-order valence-corrected chi connectivity index (χ1v) is 9.45. The van der Waals surface area contributed by atoms with Gasteiger partial charge in [0.2, 0.25) is 23.6 Å². The molecule has 4 unspecified atom stereocenters. The van der Waals surface area contributed by atoms with Crippen LogP contribution in [0, 0.1) is 5.92 Å². The third-order valence-corrected chi connectivity index (χ3v) is 4.08. The standard InChI is InChI=1S/C16H29N5O7S/c1-7(2)3-9(16(27)28)19-14(25)10(5-22)20-15(26)11(6-29)21-13(24)8(17)4-12(18)23/h7-11,22,29H,3-6,17H2,1-2H3,(H2,18,23)(H,19,25)(H,20,26)(H,21,24)(H,27,28). The van der Waals surface area contributed by atoms with Crippen LogP contribution in [0.15, 0.2) is 0 Å². The molecule has 0 saturated carbocycles. The normalized spacial score (nSPS) is 15.0. The zero-order valence-corrected chi connectivity index (χ0v) is 17.1. The van der Waals surface area contributed by atoms with Crippen LogP contribution in [0.3, 0.4) is 0 Å². The Morgan fingerprint density at radius 3 is 1.83 bits per heavy atom. The summed E-state index contributed by atoms with van der Waals surface area (Å²) in [4.78, 5) is 58.5. The number of rotatable bonds is 13. The van der Waals surface area contributed by atoms with E-state index in [1.165, 1.54) is 0 Å². The quantitative estimate of drug-likeness (QED) is 0.137. The minimum Gasteiger partial charge on any atom is -0.480 e. The van der Waals surface area contributed by atoms with Crippen LogP contribution in [0.2, 0.25) is 0 Å². The summed E-state index contributed by atoms with van der Waals surface area (Å²) < 4.78 is 0. The minimum atomic E-state index is -1.45. The largest absolute Gasteiger partial charge is 0.480 e. The van der Waals surface area contributed by atoms with E-state index in [4.69, 9.17) is 11.5 Å². The number of carbonyl (C=O) groups is 5. The average molecular weight is 436 g/mol. The van der Waals surface area contributed by atoms with Crippen molar-refractivity contribution in [2.24, 2.45) is 17.4 Å². The van der Waals surface area contributed by atoms with Gasteiger partial charge in [0.25, 0.3) is 0 Å². The van der Waals surface area contributed by atoms with E-state index >= 15 is 0 Å². The Morgan fingerprint density at radius 2 is 1.41 bits per heavy atom. The summed E-state index contributed by atoms with van der Waals surface area (Å²) in [5, 5.41) is 25.3. The lowest BCUT2D eigenvalue weighted by Crippen LogP contribution is -2.58. The van der Waals surface area contributed by atoms with E-state index < -0.39 is 66.8 Å². The molecule has 0 heterocycles. The third-order valence-electron chi connectivity index (χ3n) is 3.71. The van der Waals surface area contributed by atoms with Crippen LogP contribution in [-0.2, 0) is 24.0 Å². The van der Waals surface area contributed by atoms with Crippen molar-refractivity contribution in [3.8, 4) is 0 Å². The highest BCUT2D eigenvalue weighted by molar-refractivity contribution is 7.80. The van der Waals surface area contributed by atoms with Gasteiger partial charge in [-0.1, -0.05) is 13.8 Å². The molecule has 9 N–H and O–H groups in total. The van der Waals surface area contributed by atoms with Gasteiger partial charge in [0.1, 0.15) is 18.1 Å². The Kier molecular flexibility index (Phi) is 11.9. The second-order valence-electron chi connectivity index (χ2n) is 6.79. The van der Waals surface area contributed by atoms with Crippen molar-refractivity contribution in [3.63, 3.8) is 0 Å². The zero-order valence-electron chi connectivity index (χ0n) is 16.3. The molecule has 12 nitrogen and oxygen atoms in total. The van der Waals surface area contributed by atoms with Crippen LogP contribution in [0.5, 0.6) is 0 Å². The van der Waals surface area contributed by atoms with E-state index in [-0.39, 0.29) is 18.1 Å². The van der Waals surface area contributed by atoms with Gasteiger partial charge in [0.05, 0.1) is 19.1 Å². The van der Waals surface area contributed by atoms with Gasteiger partial charge >= 0.3 is 5.97 Å². The Balaban J connectivity index is 5.00. The van der Waals surface area contributed by atoms with E-state index in [2.05, 4.69) is 28.6 Å². The van der Waals surface area contributed by atoms with Crippen LogP contribution in [0.4, 0.5) is 0 Å². The van der Waals surface area contributed by atoms with Gasteiger partial charge in [-0.2, -0.15) is 12.6 Å². The SMILES string of the molecule is CC(C)CC(NC(=O)C(CO)NC(=O)C(CS)NC(=O)C(N)CC(N)=O)C(=O)O. The zero-order chi connectivity index (χ0) is 22.7. The number of hydrogen-bond acceptors (Lipinski definition) is 8. The highest BCUT2D eigenvalue weighted by Crippen LogP contribution is 2.05. The fraction of sp³-hybridized carbons (Fsp3) is 0.688. The van der Waals surface area contributed by atoms with E-state index in [0.29, 0.717) is 0 Å². The van der Waals surface area contributed by atoms with Gasteiger partial charge in [-0.05, 0) is 12.3 Å². The molecule has 29 heavy (non-hydrogen) atoms. The van der Waals surface area contributed by atoms with Crippen molar-refractivity contribution in [1.29, 1.82) is 0 Å². The molecule has 0 radical (unpaired) electrons. The fourth-order valence-corrected chi connectivity index (χ4v) is 2.47. The maximum atomic E-state index is 12.3. The first-order chi connectivity index (χ1) is 13.4. The molecule has 0 fully saturated rings. The van der Waals surface area contributed by atoms with E-state index in [9.17, 15) is 34.2 Å². The second-order valence-corrected chi connectivity index (χ2v) is 7.16. The molecular weight excluding hydrogens is 406 g/mol. The van der Waals surface area contributed by atoms with Gasteiger partial charge in [0.15, 0.2) is 0 Å². The van der Waals surface area contributed by atoms with E-state index in [1.54, 1.807) is 13.8 Å². The van der Waals surface area contributed by atoms with Crippen LogP contribution in [0.1, 0.15) is 26.7 Å². The molecule has 4 amide bonds. The predicted octanol–water partition coefficient (Wildman–Crippen LogP) is -3.30. The number of carboxylic acid groups (broad SMARTS) is 1. The molecule has 0 aliphatic heterocycles. The number of aliphatic hydroxyl groups is 1. The van der Waals surface area contributed by atoms with Crippen molar-refractivity contribution in [3.05, 3.63) is 0 Å². The molecular formula is C16H29N5O7S. The number of hydrogen-bond donors (Lipinski definition) is 8. The summed E-state index contributed by atoms with van der Waals surface area (Å²) in [6.07, 6.45) is -0.277. The number of nitrogens with two attached hydrogens (primary N) is 2. The number of carboxylic acids is 1. The van der Waals surface area contributed by atoms with E-state index in [0.717, 1.165) is 0 Å². The molecule has 0 saturated heterocycles. The van der Waals surface area contributed by atoms with Gasteiger partial charge in [-0.15, -0.1) is 0 Å². The molecule has 0 rings (SSSR count). The summed E-state index contributed by atoms with van der Waals surface area (Å²) in [6, 6.07) is -5.14.